The van der Waals surface area contributed by atoms with Crippen molar-refractivity contribution in [1.82, 2.24) is 14.1 Å². The van der Waals surface area contributed by atoms with Crippen molar-refractivity contribution in [2.45, 2.75) is 25.3 Å². The fourth-order valence-corrected chi connectivity index (χ4v) is 5.56. The van der Waals surface area contributed by atoms with Gasteiger partial charge in [-0.3, -0.25) is 4.68 Å². The fourth-order valence-electron chi connectivity index (χ4n) is 2.71. The van der Waals surface area contributed by atoms with E-state index in [0.29, 0.717) is 53.5 Å². The van der Waals surface area contributed by atoms with Crippen LogP contribution in [0.25, 0.3) is 0 Å². The van der Waals surface area contributed by atoms with Crippen LogP contribution >= 0.6 is 22.9 Å². The summed E-state index contributed by atoms with van der Waals surface area (Å²) in [7, 11) is -3.54. The first-order chi connectivity index (χ1) is 10.9. The topological polar surface area (TPSA) is 64.4 Å². The first-order valence-electron chi connectivity index (χ1n) is 7.25. The Labute approximate surface area is 144 Å². The molecule has 0 bridgehead atoms. The van der Waals surface area contributed by atoms with Gasteiger partial charge in [-0.25, -0.2) is 8.42 Å². The number of aryl methyl sites for hydroxylation is 1. The molecule has 126 valence electrons. The molecule has 0 aliphatic carbocycles. The molecule has 0 spiro atoms. The van der Waals surface area contributed by atoms with Crippen molar-refractivity contribution < 1.29 is 13.2 Å². The molecule has 0 atom stereocenters. The predicted molar refractivity (Wildman–Crippen MR) is 89.7 cm³/mol. The average molecular weight is 376 g/mol. The summed E-state index contributed by atoms with van der Waals surface area (Å²) >= 11 is 7.42. The molecule has 1 saturated heterocycles. The second-order valence-electron chi connectivity index (χ2n) is 5.38. The van der Waals surface area contributed by atoms with Gasteiger partial charge in [-0.2, -0.15) is 9.40 Å². The number of halogens is 1. The molecule has 0 aromatic carbocycles. The standard InChI is InChI=1S/C14H18ClN3O3S2/c1-10-14(23(19,20)17-5-7-21-8-6-17)11(2)18(16-10)9-12-3-4-13(15)22-12/h3-4H,5-9H2,1-2H3. The van der Waals surface area contributed by atoms with E-state index in [9.17, 15) is 8.42 Å². The van der Waals surface area contributed by atoms with Crippen LogP contribution in [0.15, 0.2) is 17.0 Å². The summed E-state index contributed by atoms with van der Waals surface area (Å²) < 4.78 is 34.9. The van der Waals surface area contributed by atoms with Crippen LogP contribution in [0.4, 0.5) is 0 Å². The maximum atomic E-state index is 12.9. The Balaban J connectivity index is 1.94. The second-order valence-corrected chi connectivity index (χ2v) is 9.05. The highest BCUT2D eigenvalue weighted by Crippen LogP contribution is 2.27. The van der Waals surface area contributed by atoms with Gasteiger partial charge in [0, 0.05) is 18.0 Å². The SMILES string of the molecule is Cc1nn(Cc2ccc(Cl)s2)c(C)c1S(=O)(=O)N1CCOCC1. The normalized spacial score (nSPS) is 16.8. The van der Waals surface area contributed by atoms with Crippen LogP contribution in [0, 0.1) is 13.8 Å². The van der Waals surface area contributed by atoms with Crippen LogP contribution in [0.1, 0.15) is 16.3 Å². The van der Waals surface area contributed by atoms with Gasteiger partial charge in [-0.15, -0.1) is 11.3 Å². The number of aromatic nitrogens is 2. The lowest BCUT2D eigenvalue weighted by molar-refractivity contribution is 0.0730. The molecule has 0 saturated carbocycles. The van der Waals surface area contributed by atoms with Gasteiger partial charge >= 0.3 is 0 Å². The number of thiophene rings is 1. The molecular weight excluding hydrogens is 358 g/mol. The number of sulfonamides is 1. The number of hydrogen-bond donors (Lipinski definition) is 0. The number of hydrogen-bond acceptors (Lipinski definition) is 5. The van der Waals surface area contributed by atoms with E-state index in [4.69, 9.17) is 16.3 Å². The summed E-state index contributed by atoms with van der Waals surface area (Å²) in [6.07, 6.45) is 0. The monoisotopic (exact) mass is 375 g/mol. The molecule has 23 heavy (non-hydrogen) atoms. The van der Waals surface area contributed by atoms with Gasteiger partial charge in [0.1, 0.15) is 4.90 Å². The van der Waals surface area contributed by atoms with Crippen molar-refractivity contribution >= 4 is 33.0 Å². The van der Waals surface area contributed by atoms with Gasteiger partial charge in [0.25, 0.3) is 0 Å². The zero-order chi connectivity index (χ0) is 16.6. The minimum Gasteiger partial charge on any atom is -0.379 e. The molecule has 1 fully saturated rings. The van der Waals surface area contributed by atoms with E-state index < -0.39 is 10.0 Å². The molecule has 0 N–H and O–H groups in total. The van der Waals surface area contributed by atoms with E-state index >= 15 is 0 Å². The largest absolute Gasteiger partial charge is 0.379 e. The van der Waals surface area contributed by atoms with Crippen molar-refractivity contribution in [2.24, 2.45) is 0 Å². The Morgan fingerprint density at radius 2 is 2.00 bits per heavy atom. The van der Waals surface area contributed by atoms with E-state index in [1.54, 1.807) is 18.5 Å². The number of ether oxygens (including phenoxy) is 1. The third-order valence-corrected chi connectivity index (χ3v) is 7.19. The van der Waals surface area contributed by atoms with Crippen LogP contribution < -0.4 is 0 Å². The van der Waals surface area contributed by atoms with E-state index in [0.717, 1.165) is 4.88 Å². The number of nitrogens with zero attached hydrogens (tertiary/aromatic N) is 3. The Morgan fingerprint density at radius 3 is 2.61 bits per heavy atom. The van der Waals surface area contributed by atoms with E-state index in [1.807, 2.05) is 12.1 Å². The maximum Gasteiger partial charge on any atom is 0.246 e. The van der Waals surface area contributed by atoms with Gasteiger partial charge in [0.05, 0.1) is 35.5 Å². The van der Waals surface area contributed by atoms with Crippen molar-refractivity contribution in [2.75, 3.05) is 26.3 Å². The lowest BCUT2D eigenvalue weighted by Gasteiger charge is -2.26. The molecule has 1 aliphatic rings. The van der Waals surface area contributed by atoms with Gasteiger partial charge in [0.2, 0.25) is 10.0 Å². The second kappa shape index (κ2) is 6.52. The molecule has 2 aromatic heterocycles. The van der Waals surface area contributed by atoms with Crippen molar-refractivity contribution in [3.8, 4) is 0 Å². The summed E-state index contributed by atoms with van der Waals surface area (Å²) in [5.74, 6) is 0. The van der Waals surface area contributed by atoms with Gasteiger partial charge in [0.15, 0.2) is 0 Å². The highest BCUT2D eigenvalue weighted by Gasteiger charge is 2.32. The molecule has 0 amide bonds. The molecule has 9 heteroatoms. The lowest BCUT2D eigenvalue weighted by Crippen LogP contribution is -2.41. The molecule has 3 rings (SSSR count). The van der Waals surface area contributed by atoms with Crippen LogP contribution in [0.2, 0.25) is 4.34 Å². The average Bonchev–Trinajstić information content (AvgIpc) is 3.04. The van der Waals surface area contributed by atoms with E-state index in [2.05, 4.69) is 5.10 Å². The van der Waals surface area contributed by atoms with E-state index in [1.165, 1.54) is 15.6 Å². The minimum absolute atomic E-state index is 0.307. The van der Waals surface area contributed by atoms with Gasteiger partial charge < -0.3 is 4.74 Å². The molecule has 0 radical (unpaired) electrons. The van der Waals surface area contributed by atoms with Crippen LogP contribution in [0.3, 0.4) is 0 Å². The van der Waals surface area contributed by atoms with Crippen molar-refractivity contribution in [3.05, 3.63) is 32.7 Å². The van der Waals surface area contributed by atoms with Crippen LogP contribution in [-0.2, 0) is 21.3 Å². The quantitative estimate of drug-likeness (QED) is 0.822. The summed E-state index contributed by atoms with van der Waals surface area (Å²) in [6.45, 7) is 5.67. The van der Waals surface area contributed by atoms with E-state index in [-0.39, 0.29) is 0 Å². The Kier molecular flexibility index (Phi) is 4.80. The highest BCUT2D eigenvalue weighted by molar-refractivity contribution is 7.89. The smallest absolute Gasteiger partial charge is 0.246 e. The molecule has 3 heterocycles. The molecular formula is C14H18ClN3O3S2. The third-order valence-electron chi connectivity index (χ3n) is 3.82. The zero-order valence-electron chi connectivity index (χ0n) is 13.0. The Bertz CT molecular complexity index is 807. The first kappa shape index (κ1) is 16.9. The van der Waals surface area contributed by atoms with Crippen LogP contribution in [0.5, 0.6) is 0 Å². The summed E-state index contributed by atoms with van der Waals surface area (Å²) in [4.78, 5) is 1.35. The number of rotatable bonds is 4. The maximum absolute atomic E-state index is 12.9. The van der Waals surface area contributed by atoms with Gasteiger partial charge in [-0.05, 0) is 26.0 Å². The van der Waals surface area contributed by atoms with Crippen molar-refractivity contribution in [3.63, 3.8) is 0 Å². The summed E-state index contributed by atoms with van der Waals surface area (Å²) in [5, 5.41) is 4.42. The zero-order valence-corrected chi connectivity index (χ0v) is 15.3. The molecule has 6 nitrogen and oxygen atoms in total. The lowest BCUT2D eigenvalue weighted by atomic mass is 10.4. The van der Waals surface area contributed by atoms with Crippen molar-refractivity contribution in [1.29, 1.82) is 0 Å². The fraction of sp³-hybridized carbons (Fsp3) is 0.500. The van der Waals surface area contributed by atoms with Crippen LogP contribution in [-0.4, -0.2) is 48.8 Å². The summed E-state index contributed by atoms with van der Waals surface area (Å²) in [6, 6.07) is 3.76. The highest BCUT2D eigenvalue weighted by atomic mass is 35.5. The third kappa shape index (κ3) is 3.32. The number of morpholine rings is 1. The molecule has 1 aliphatic heterocycles. The first-order valence-corrected chi connectivity index (χ1v) is 9.89. The molecule has 2 aromatic rings. The molecule has 0 unspecified atom stereocenters. The summed E-state index contributed by atoms with van der Waals surface area (Å²) in [5.41, 5.74) is 1.18. The minimum atomic E-state index is -3.54. The Morgan fingerprint density at radius 1 is 1.30 bits per heavy atom. The predicted octanol–water partition coefficient (Wildman–Crippen LogP) is 2.28. The Hall–Kier alpha value is -0.930. The van der Waals surface area contributed by atoms with Gasteiger partial charge in [-0.1, -0.05) is 11.6 Å².